The van der Waals surface area contributed by atoms with Crippen LogP contribution in [0.15, 0.2) is 102 Å². The number of aromatic amines is 2. The molecule has 5 rings (SSSR count). The lowest BCUT2D eigenvalue weighted by molar-refractivity contribution is -0.140. The lowest BCUT2D eigenvalue weighted by Gasteiger charge is -2.28. The molecule has 3 heterocycles. The molecule has 37 heteroatoms. The number of aromatic hydroxyl groups is 1. The minimum Gasteiger partial charge on any atom is -0.508 e. The van der Waals surface area contributed by atoms with Crippen LogP contribution in [0, 0.1) is 0 Å². The van der Waals surface area contributed by atoms with Crippen molar-refractivity contribution < 1.29 is 78.0 Å². The van der Waals surface area contributed by atoms with E-state index in [0.717, 1.165) is 32.5 Å². The number of hydrogen-bond acceptors (Lipinski definition) is 21. The summed E-state index contributed by atoms with van der Waals surface area (Å²) in [5.74, 6) is -13.3. The number of nitrogens with two attached hydrogens (primary N) is 5. The number of para-hydroxylation sites is 1. The molecule has 0 bridgehead atoms. The van der Waals surface area contributed by atoms with Crippen molar-refractivity contribution in [3.05, 3.63) is 108 Å². The molecule has 35 nitrogen and oxygen atoms in total. The molecule has 0 saturated heterocycles. The van der Waals surface area contributed by atoms with E-state index in [2.05, 4.69) is 67.5 Å². The van der Waals surface area contributed by atoms with Gasteiger partial charge in [0.05, 0.1) is 12.9 Å². The number of nitrogens with zero attached hydrogens (tertiary/aromatic N) is 3. The van der Waals surface area contributed by atoms with Crippen molar-refractivity contribution in [1.29, 1.82) is 0 Å². The number of pyridine rings is 1. The number of fused-ring (bicyclic) bond motifs is 1. The maximum absolute atomic E-state index is 14.9. The number of phenolic OH excluding ortho intramolecular Hbond substituents is 1. The standard InChI is InChI=1S/C61H83N19O16S2/c62-21-5-3-10-40(74-60(96)47(31-97-98-49-12-4-6-22-68-49)80-59(95)46(26-35-28-67-32-72-35)79-58(94)45(77-52(88)38(63)30-81)25-34-27-70-39-9-2-1-8-37(34)39)54(90)73-41(11-7-23-69-61(65)66)55(91)78-44(24-33-13-15-36(82)16-14-33)57(93)76-43(17-19-48(64)83)56(92)75-42(18-20-50(84)85)53(89)71-29-51(86)87/h1-2,4,6,8-9,12-16,22,27-28,32,38,40-47,70,81-82H,3,5,7,10-11,17-21,23-26,29-31,62-63H2,(H2,64,83)(H,67,72)(H,71,89)(H,73,90)(H,74,96)(H,75,92)(H,76,93)(H,77,88)(H,78,91)(H,79,94)(H,80,95)(H,84,85)(H,86,87)(H4,65,66,69)/t38-,40-,41-,42-,43-,44-,45-,46-,47-/m0/s1. The van der Waals surface area contributed by atoms with Crippen molar-refractivity contribution in [2.75, 3.05) is 32.0 Å². The van der Waals surface area contributed by atoms with E-state index in [-0.39, 0.29) is 75.5 Å². The highest BCUT2D eigenvalue weighted by Gasteiger charge is 2.36. The van der Waals surface area contributed by atoms with Crippen LogP contribution in [0.25, 0.3) is 10.9 Å². The van der Waals surface area contributed by atoms with Crippen LogP contribution in [-0.2, 0) is 76.8 Å². The average molecular weight is 1400 g/mol. The zero-order valence-electron chi connectivity index (χ0n) is 53.1. The van der Waals surface area contributed by atoms with Crippen molar-refractivity contribution in [2.45, 2.75) is 136 Å². The maximum Gasteiger partial charge on any atom is 0.322 e. The highest BCUT2D eigenvalue weighted by atomic mass is 33.1. The smallest absolute Gasteiger partial charge is 0.322 e. The number of amides is 10. The molecule has 10 amide bonds. The first-order valence-electron chi connectivity index (χ1n) is 30.9. The maximum atomic E-state index is 14.9. The van der Waals surface area contributed by atoms with Gasteiger partial charge in [-0.25, -0.2) is 9.97 Å². The first-order valence-corrected chi connectivity index (χ1v) is 33.2. The van der Waals surface area contributed by atoms with E-state index >= 15 is 0 Å². The normalized spacial score (nSPS) is 13.8. The lowest BCUT2D eigenvalue weighted by atomic mass is 10.0. The van der Waals surface area contributed by atoms with Gasteiger partial charge in [-0.3, -0.25) is 62.5 Å². The summed E-state index contributed by atoms with van der Waals surface area (Å²) in [6.07, 6.45) is 3.19. The number of rotatable bonds is 44. The number of carboxylic acid groups (broad SMARTS) is 2. The summed E-state index contributed by atoms with van der Waals surface area (Å²) in [6.45, 7) is -1.58. The number of carbonyl (C=O) groups excluding carboxylic acids is 10. The number of aromatic nitrogens is 4. The van der Waals surface area contributed by atoms with Gasteiger partial charge >= 0.3 is 11.9 Å². The molecule has 0 radical (unpaired) electrons. The Hall–Kier alpha value is -10.4. The van der Waals surface area contributed by atoms with E-state index < -0.39 is 164 Å². The Balaban J connectivity index is 1.47. The quantitative estimate of drug-likeness (QED) is 0.00769. The highest BCUT2D eigenvalue weighted by Crippen LogP contribution is 2.30. The van der Waals surface area contributed by atoms with Gasteiger partial charge in [-0.2, -0.15) is 0 Å². The van der Waals surface area contributed by atoms with Gasteiger partial charge < -0.3 is 107 Å². The Kier molecular flexibility index (Phi) is 32.7. The number of phenols is 1. The molecule has 0 saturated carbocycles. The van der Waals surface area contributed by atoms with E-state index in [1.165, 1.54) is 36.8 Å². The first-order chi connectivity index (χ1) is 46.8. The fourth-order valence-electron chi connectivity index (χ4n) is 9.55. The number of primary amides is 1. The van der Waals surface area contributed by atoms with Gasteiger partial charge in [0, 0.05) is 79.6 Å². The zero-order valence-corrected chi connectivity index (χ0v) is 54.7. The van der Waals surface area contributed by atoms with Crippen LogP contribution in [0.5, 0.6) is 5.75 Å². The van der Waals surface area contributed by atoms with Crippen molar-refractivity contribution in [3.8, 4) is 5.75 Å². The third-order valence-corrected chi connectivity index (χ3v) is 17.0. The predicted octanol–water partition coefficient (Wildman–Crippen LogP) is -3.83. The molecule has 98 heavy (non-hydrogen) atoms. The Bertz CT molecular complexity index is 3530. The molecular weight excluding hydrogens is 1320 g/mol. The minimum absolute atomic E-state index is 0.00953. The predicted molar refractivity (Wildman–Crippen MR) is 358 cm³/mol. The number of guanidine groups is 1. The van der Waals surface area contributed by atoms with E-state index in [9.17, 15) is 72.9 Å². The number of benzene rings is 2. The molecule has 3 aromatic heterocycles. The van der Waals surface area contributed by atoms with E-state index in [4.69, 9.17) is 33.8 Å². The number of H-pyrrole nitrogens is 2. The number of imidazole rings is 1. The van der Waals surface area contributed by atoms with Crippen molar-refractivity contribution in [3.63, 3.8) is 0 Å². The Morgan fingerprint density at radius 2 is 1.11 bits per heavy atom. The molecule has 2 aromatic carbocycles. The van der Waals surface area contributed by atoms with Crippen LogP contribution >= 0.6 is 21.6 Å². The summed E-state index contributed by atoms with van der Waals surface area (Å²) in [5, 5.41) is 62.4. The van der Waals surface area contributed by atoms with Crippen LogP contribution in [0.1, 0.15) is 74.6 Å². The summed E-state index contributed by atoms with van der Waals surface area (Å²) < 4.78 is 0. The molecule has 0 spiro atoms. The van der Waals surface area contributed by atoms with Gasteiger partial charge in [0.15, 0.2) is 5.96 Å². The van der Waals surface area contributed by atoms with Crippen LogP contribution < -0.4 is 76.5 Å². The second-order valence-electron chi connectivity index (χ2n) is 22.3. The van der Waals surface area contributed by atoms with Gasteiger partial charge in [-0.1, -0.05) is 47.2 Å². The van der Waals surface area contributed by atoms with Crippen LogP contribution in [0.3, 0.4) is 0 Å². The fourth-order valence-corrected chi connectivity index (χ4v) is 11.6. The molecule has 0 aliphatic heterocycles. The van der Waals surface area contributed by atoms with Crippen LogP contribution in [-0.4, -0.2) is 204 Å². The summed E-state index contributed by atoms with van der Waals surface area (Å²) in [6, 6.07) is 3.79. The topological polar surface area (TPSA) is 594 Å². The van der Waals surface area contributed by atoms with E-state index in [1.807, 2.05) is 11.4 Å². The average Bonchev–Trinajstić information content (AvgIpc) is 1.59. The lowest BCUT2D eigenvalue weighted by Crippen LogP contribution is -2.61. The second kappa shape index (κ2) is 40.9. The minimum atomic E-state index is -1.73. The Morgan fingerprint density at radius 3 is 1.68 bits per heavy atom. The number of carbonyl (C=O) groups is 12. The zero-order chi connectivity index (χ0) is 71.7. The Morgan fingerprint density at radius 1 is 0.571 bits per heavy atom. The summed E-state index contributed by atoms with van der Waals surface area (Å²) >= 11 is 0. The van der Waals surface area contributed by atoms with Crippen molar-refractivity contribution >= 4 is 109 Å². The number of aliphatic hydroxyl groups excluding tert-OH is 1. The van der Waals surface area contributed by atoms with Gasteiger partial charge in [0.2, 0.25) is 59.1 Å². The van der Waals surface area contributed by atoms with Crippen molar-refractivity contribution in [1.82, 2.24) is 67.8 Å². The number of aliphatic imine (C=N–C) groups is 1. The first kappa shape index (κ1) is 78.3. The number of unbranched alkanes of at least 4 members (excludes halogenated alkanes) is 1. The van der Waals surface area contributed by atoms with Crippen molar-refractivity contribution in [2.24, 2.45) is 33.7 Å². The van der Waals surface area contributed by atoms with Gasteiger partial charge in [0.1, 0.15) is 71.7 Å². The molecule has 5 aromatic rings. The molecule has 25 N–H and O–H groups in total. The van der Waals surface area contributed by atoms with Crippen LogP contribution in [0.4, 0.5) is 0 Å². The number of aliphatic carboxylic acids is 2. The van der Waals surface area contributed by atoms with E-state index in [1.54, 1.807) is 48.8 Å². The number of carboxylic acids is 2. The van der Waals surface area contributed by atoms with E-state index in [0.29, 0.717) is 28.3 Å². The SMILES string of the molecule is NCCCC[C@H](NC(=O)[C@H](CSSc1ccccn1)NC(=O)[C@H](Cc1cnc[nH]1)NC(=O)[C@H](Cc1c[nH]c2ccccc12)NC(=O)[C@@H](N)CO)C(=O)N[C@@H](CCCN=C(N)N)C(=O)N[C@@H](Cc1ccc(O)cc1)C(=O)N[C@@H](CCC(N)=O)C(=O)N[C@@H](CCC(=O)O)C(=O)NCC(=O)O. The summed E-state index contributed by atoms with van der Waals surface area (Å²) in [7, 11) is 2.25. The second-order valence-corrected chi connectivity index (χ2v) is 24.7. The molecule has 9 atom stereocenters. The molecule has 0 aliphatic carbocycles. The fraction of sp³-hybridized carbons (Fsp3) is 0.426. The largest absolute Gasteiger partial charge is 0.508 e. The number of nitrogens with one attached hydrogen (secondary N) is 11. The molecule has 0 aliphatic rings. The Labute approximate surface area is 569 Å². The summed E-state index contributed by atoms with van der Waals surface area (Å²) in [5.41, 5.74) is 30.4. The monoisotopic (exact) mass is 1400 g/mol. The van der Waals surface area contributed by atoms with Gasteiger partial charge in [0.25, 0.3) is 0 Å². The third kappa shape index (κ3) is 27.4. The van der Waals surface area contributed by atoms with Crippen LogP contribution in [0.2, 0.25) is 0 Å². The molecular formula is C61H83N19O16S2. The van der Waals surface area contributed by atoms with Gasteiger partial charge in [-0.05, 0) is 104 Å². The molecule has 0 fully saturated rings. The molecule has 530 valence electrons. The molecule has 0 unspecified atom stereocenters. The highest BCUT2D eigenvalue weighted by molar-refractivity contribution is 8.76. The number of aliphatic hydroxyl groups is 1. The van der Waals surface area contributed by atoms with Gasteiger partial charge in [-0.15, -0.1) is 0 Å². The number of hydrogen-bond donors (Lipinski definition) is 20. The summed E-state index contributed by atoms with van der Waals surface area (Å²) in [4.78, 5) is 182. The third-order valence-electron chi connectivity index (χ3n) is 14.7.